The molecule has 0 bridgehead atoms. The Bertz CT molecular complexity index is 896. The number of benzene rings is 2. The van der Waals surface area contributed by atoms with Gasteiger partial charge in [-0.15, -0.1) is 0 Å². The van der Waals surface area contributed by atoms with Gasteiger partial charge in [-0.25, -0.2) is 0 Å². The van der Waals surface area contributed by atoms with Gasteiger partial charge in [0.1, 0.15) is 11.5 Å². The van der Waals surface area contributed by atoms with Crippen molar-refractivity contribution in [1.29, 1.82) is 0 Å². The van der Waals surface area contributed by atoms with Crippen LogP contribution in [0.1, 0.15) is 50.3 Å². The van der Waals surface area contributed by atoms with E-state index in [1.807, 2.05) is 83.2 Å². The van der Waals surface area contributed by atoms with Crippen molar-refractivity contribution in [2.75, 3.05) is 13.7 Å². The Balaban J connectivity index is 1.76. The number of esters is 1. The Morgan fingerprint density at radius 3 is 2.27 bits per heavy atom. The second-order valence-electron chi connectivity index (χ2n) is 8.90. The van der Waals surface area contributed by atoms with Crippen molar-refractivity contribution >= 4 is 5.97 Å². The summed E-state index contributed by atoms with van der Waals surface area (Å²) in [4.78, 5) is 12.3. The summed E-state index contributed by atoms with van der Waals surface area (Å²) in [5, 5.41) is 10.7. The maximum Gasteiger partial charge on any atom is 0.311 e. The third-order valence-electron chi connectivity index (χ3n) is 5.83. The van der Waals surface area contributed by atoms with Gasteiger partial charge in [0.05, 0.1) is 26.4 Å². The number of carbonyl (C=O) groups is 1. The zero-order valence-corrected chi connectivity index (χ0v) is 20.8. The molecule has 1 N–H and O–H groups in total. The van der Waals surface area contributed by atoms with Gasteiger partial charge in [0.25, 0.3) is 0 Å². The number of aliphatic hydroxyl groups is 1. The SMILES string of the molecule is COc1ccc(COC[C@H](C)[C@H](O)[C@@H](C)/C=C(/C)CCC(=O)Oc2c(C)cccc2C)cc1. The monoisotopic (exact) mass is 454 g/mol. The van der Waals surface area contributed by atoms with E-state index in [1.165, 1.54) is 0 Å². The first-order valence-corrected chi connectivity index (χ1v) is 11.5. The van der Waals surface area contributed by atoms with Crippen LogP contribution in [0.25, 0.3) is 0 Å². The van der Waals surface area contributed by atoms with E-state index in [0.717, 1.165) is 28.0 Å². The van der Waals surface area contributed by atoms with Gasteiger partial charge in [-0.1, -0.05) is 55.8 Å². The number of methoxy groups -OCH3 is 1. The summed E-state index contributed by atoms with van der Waals surface area (Å²) in [7, 11) is 1.64. The van der Waals surface area contributed by atoms with Gasteiger partial charge in [0.15, 0.2) is 0 Å². The molecule has 5 nitrogen and oxygen atoms in total. The van der Waals surface area contributed by atoms with Crippen molar-refractivity contribution in [2.45, 2.75) is 60.2 Å². The van der Waals surface area contributed by atoms with Crippen molar-refractivity contribution in [3.63, 3.8) is 0 Å². The minimum atomic E-state index is -0.530. The summed E-state index contributed by atoms with van der Waals surface area (Å²) >= 11 is 0. The molecule has 0 saturated heterocycles. The summed E-state index contributed by atoms with van der Waals surface area (Å²) in [5.41, 5.74) is 4.03. The molecule has 0 fully saturated rings. The number of aryl methyl sites for hydroxylation is 2. The summed E-state index contributed by atoms with van der Waals surface area (Å²) in [6.45, 7) is 10.8. The molecule has 2 aromatic rings. The fraction of sp³-hybridized carbons (Fsp3) is 0.464. The first-order chi connectivity index (χ1) is 15.7. The Labute approximate surface area is 198 Å². The fourth-order valence-electron chi connectivity index (χ4n) is 3.76. The van der Waals surface area contributed by atoms with Crippen LogP contribution in [0.2, 0.25) is 0 Å². The van der Waals surface area contributed by atoms with Gasteiger partial charge < -0.3 is 19.3 Å². The number of ether oxygens (including phenoxy) is 3. The lowest BCUT2D eigenvalue weighted by molar-refractivity contribution is -0.134. The predicted octanol–water partition coefficient (Wildman–Crippen LogP) is 5.79. The third-order valence-corrected chi connectivity index (χ3v) is 5.83. The lowest BCUT2D eigenvalue weighted by atomic mass is 9.92. The maximum atomic E-state index is 12.3. The molecule has 5 heteroatoms. The van der Waals surface area contributed by atoms with E-state index in [1.54, 1.807) is 7.11 Å². The number of rotatable bonds is 12. The molecule has 0 heterocycles. The predicted molar refractivity (Wildman–Crippen MR) is 132 cm³/mol. The van der Waals surface area contributed by atoms with Gasteiger partial charge in [0, 0.05) is 18.3 Å². The lowest BCUT2D eigenvalue weighted by Crippen LogP contribution is -2.28. The van der Waals surface area contributed by atoms with E-state index in [0.29, 0.717) is 31.8 Å². The average molecular weight is 455 g/mol. The minimum Gasteiger partial charge on any atom is -0.497 e. The zero-order valence-electron chi connectivity index (χ0n) is 20.8. The summed E-state index contributed by atoms with van der Waals surface area (Å²) in [5.74, 6) is 1.16. The van der Waals surface area contributed by atoms with E-state index in [4.69, 9.17) is 14.2 Å². The Hall–Kier alpha value is -2.63. The van der Waals surface area contributed by atoms with Gasteiger partial charge in [0.2, 0.25) is 0 Å². The Morgan fingerprint density at radius 2 is 1.67 bits per heavy atom. The highest BCUT2D eigenvalue weighted by Crippen LogP contribution is 2.24. The van der Waals surface area contributed by atoms with Crippen LogP contribution in [-0.4, -0.2) is 30.9 Å². The van der Waals surface area contributed by atoms with Gasteiger partial charge in [-0.05, 0) is 56.0 Å². The van der Waals surface area contributed by atoms with Gasteiger partial charge in [-0.2, -0.15) is 0 Å². The molecule has 0 unspecified atom stereocenters. The number of carbonyl (C=O) groups excluding carboxylic acids is 1. The highest BCUT2D eigenvalue weighted by molar-refractivity contribution is 5.73. The Kier molecular flexibility index (Phi) is 10.6. The molecule has 0 spiro atoms. The van der Waals surface area contributed by atoms with Crippen molar-refractivity contribution in [1.82, 2.24) is 0 Å². The minimum absolute atomic E-state index is 0.0173. The first-order valence-electron chi connectivity index (χ1n) is 11.5. The summed E-state index contributed by atoms with van der Waals surface area (Å²) < 4.78 is 16.5. The maximum absolute atomic E-state index is 12.3. The van der Waals surface area contributed by atoms with Crippen LogP contribution in [0, 0.1) is 25.7 Å². The molecule has 180 valence electrons. The molecular weight excluding hydrogens is 416 g/mol. The zero-order chi connectivity index (χ0) is 24.4. The fourth-order valence-corrected chi connectivity index (χ4v) is 3.76. The molecular formula is C28H38O5. The highest BCUT2D eigenvalue weighted by atomic mass is 16.5. The average Bonchev–Trinajstić information content (AvgIpc) is 2.80. The van der Waals surface area contributed by atoms with Crippen LogP contribution in [-0.2, 0) is 16.1 Å². The van der Waals surface area contributed by atoms with E-state index in [-0.39, 0.29) is 17.8 Å². The van der Waals surface area contributed by atoms with Crippen LogP contribution >= 0.6 is 0 Å². The number of aliphatic hydroxyl groups excluding tert-OH is 1. The van der Waals surface area contributed by atoms with Crippen LogP contribution in [0.15, 0.2) is 54.1 Å². The largest absolute Gasteiger partial charge is 0.497 e. The number of hydrogen-bond donors (Lipinski definition) is 1. The van der Waals surface area contributed by atoms with E-state index in [2.05, 4.69) is 0 Å². The summed E-state index contributed by atoms with van der Waals surface area (Å²) in [6, 6.07) is 13.6. The molecule has 2 rings (SSSR count). The summed E-state index contributed by atoms with van der Waals surface area (Å²) in [6.07, 6.45) is 2.41. The third kappa shape index (κ3) is 8.67. The van der Waals surface area contributed by atoms with Crippen LogP contribution < -0.4 is 9.47 Å². The quantitative estimate of drug-likeness (QED) is 0.250. The van der Waals surface area contributed by atoms with Crippen molar-refractivity contribution in [3.05, 3.63) is 70.8 Å². The standard InChI is InChI=1S/C28H38O5/c1-19(10-15-26(29)33-28-20(2)8-7-9-21(28)3)16-22(4)27(30)23(5)17-32-18-24-11-13-25(31-6)14-12-24/h7-9,11-14,16,22-23,27,30H,10,15,17-18H2,1-6H3/b19-16-/t22-,23-,27+/m0/s1. The molecule has 2 aromatic carbocycles. The van der Waals surface area contributed by atoms with E-state index in [9.17, 15) is 9.90 Å². The smallest absolute Gasteiger partial charge is 0.311 e. The molecule has 0 saturated carbocycles. The van der Waals surface area contributed by atoms with Crippen LogP contribution in [0.3, 0.4) is 0 Å². The molecule has 3 atom stereocenters. The topological polar surface area (TPSA) is 65.0 Å². The van der Waals surface area contributed by atoms with Crippen molar-refractivity contribution in [2.24, 2.45) is 11.8 Å². The van der Waals surface area contributed by atoms with Gasteiger partial charge in [-0.3, -0.25) is 4.79 Å². The molecule has 0 amide bonds. The van der Waals surface area contributed by atoms with Crippen LogP contribution in [0.5, 0.6) is 11.5 Å². The first kappa shape index (κ1) is 26.6. The van der Waals surface area contributed by atoms with E-state index < -0.39 is 6.10 Å². The second-order valence-corrected chi connectivity index (χ2v) is 8.90. The number of allylic oxidation sites excluding steroid dienone is 1. The second kappa shape index (κ2) is 13.2. The highest BCUT2D eigenvalue weighted by Gasteiger charge is 2.20. The molecule has 0 aromatic heterocycles. The molecule has 0 radical (unpaired) electrons. The van der Waals surface area contributed by atoms with Crippen LogP contribution in [0.4, 0.5) is 0 Å². The van der Waals surface area contributed by atoms with Gasteiger partial charge >= 0.3 is 5.97 Å². The molecule has 0 aliphatic rings. The number of para-hydroxylation sites is 1. The van der Waals surface area contributed by atoms with Crippen molar-refractivity contribution < 1.29 is 24.1 Å². The van der Waals surface area contributed by atoms with E-state index >= 15 is 0 Å². The lowest BCUT2D eigenvalue weighted by Gasteiger charge is -2.23. The Morgan fingerprint density at radius 1 is 1.03 bits per heavy atom. The normalized spacial score (nSPS) is 14.5. The molecule has 0 aliphatic heterocycles. The number of hydrogen-bond acceptors (Lipinski definition) is 5. The van der Waals surface area contributed by atoms with Crippen molar-refractivity contribution in [3.8, 4) is 11.5 Å². The molecule has 33 heavy (non-hydrogen) atoms. The molecule has 0 aliphatic carbocycles.